The quantitative estimate of drug-likeness (QED) is 0.627. The molecule has 1 fully saturated rings. The van der Waals surface area contributed by atoms with Gasteiger partial charge < -0.3 is 15.4 Å². The highest BCUT2D eigenvalue weighted by Gasteiger charge is 2.38. The normalized spacial score (nSPS) is 21.0. The third-order valence-corrected chi connectivity index (χ3v) is 3.67. The van der Waals surface area contributed by atoms with Crippen molar-refractivity contribution >= 4 is 12.0 Å². The molecule has 0 spiro atoms. The Morgan fingerprint density at radius 2 is 2.00 bits per heavy atom. The van der Waals surface area contributed by atoms with Crippen molar-refractivity contribution in [3.8, 4) is 0 Å². The Bertz CT molecular complexity index is 542. The molecule has 1 aliphatic rings. The third kappa shape index (κ3) is 3.87. The second-order valence-corrected chi connectivity index (χ2v) is 5.36. The fourth-order valence-electron chi connectivity index (χ4n) is 2.51. The summed E-state index contributed by atoms with van der Waals surface area (Å²) >= 11 is 0. The molecule has 1 aromatic rings. The second-order valence-electron chi connectivity index (χ2n) is 5.36. The largest absolute Gasteiger partial charge is 0.465 e. The van der Waals surface area contributed by atoms with E-state index in [0.717, 1.165) is 24.8 Å². The van der Waals surface area contributed by atoms with Crippen LogP contribution in [0.25, 0.3) is 0 Å². The minimum Gasteiger partial charge on any atom is -0.465 e. The smallest absolute Gasteiger partial charge is 0.319 e. The van der Waals surface area contributed by atoms with Crippen LogP contribution in [0.15, 0.2) is 42.6 Å². The van der Waals surface area contributed by atoms with Crippen molar-refractivity contribution in [1.82, 2.24) is 10.6 Å². The van der Waals surface area contributed by atoms with Gasteiger partial charge in [-0.15, -0.1) is 0 Å². The van der Waals surface area contributed by atoms with Crippen LogP contribution in [-0.4, -0.2) is 18.6 Å². The van der Waals surface area contributed by atoms with Crippen molar-refractivity contribution in [1.29, 1.82) is 0 Å². The maximum Gasteiger partial charge on any atom is 0.319 e. The van der Waals surface area contributed by atoms with E-state index >= 15 is 0 Å². The Labute approximate surface area is 130 Å². The summed E-state index contributed by atoms with van der Waals surface area (Å²) in [6, 6.07) is 8.57. The second kappa shape index (κ2) is 7.64. The number of unbranched alkanes of at least 4 members (excludes halogenated alkanes) is 2. The van der Waals surface area contributed by atoms with Crippen molar-refractivity contribution in [2.45, 2.75) is 32.2 Å². The van der Waals surface area contributed by atoms with E-state index in [-0.39, 0.29) is 12.0 Å². The van der Waals surface area contributed by atoms with Crippen molar-refractivity contribution in [3.05, 3.63) is 48.2 Å². The van der Waals surface area contributed by atoms with Gasteiger partial charge in [0.1, 0.15) is 5.92 Å². The summed E-state index contributed by atoms with van der Waals surface area (Å²) in [4.78, 5) is 24.1. The van der Waals surface area contributed by atoms with Crippen molar-refractivity contribution < 1.29 is 14.3 Å². The van der Waals surface area contributed by atoms with E-state index in [4.69, 9.17) is 4.74 Å². The fraction of sp³-hybridized carbons (Fsp3) is 0.412. The number of hydrogen-bond donors (Lipinski definition) is 2. The van der Waals surface area contributed by atoms with E-state index in [0.29, 0.717) is 12.3 Å². The van der Waals surface area contributed by atoms with Crippen LogP contribution in [0.1, 0.15) is 37.8 Å². The molecule has 1 aromatic carbocycles. The van der Waals surface area contributed by atoms with E-state index in [1.165, 1.54) is 0 Å². The van der Waals surface area contributed by atoms with Gasteiger partial charge in [0.25, 0.3) is 0 Å². The van der Waals surface area contributed by atoms with Crippen LogP contribution in [0.3, 0.4) is 0 Å². The van der Waals surface area contributed by atoms with Gasteiger partial charge in [-0.3, -0.25) is 4.79 Å². The summed E-state index contributed by atoms with van der Waals surface area (Å²) < 4.78 is 5.35. The highest BCUT2D eigenvalue weighted by molar-refractivity contribution is 5.85. The van der Waals surface area contributed by atoms with Gasteiger partial charge in [-0.05, 0) is 12.0 Å². The topological polar surface area (TPSA) is 67.4 Å². The van der Waals surface area contributed by atoms with Crippen molar-refractivity contribution in [3.63, 3.8) is 0 Å². The lowest BCUT2D eigenvalue weighted by Gasteiger charge is -2.33. The third-order valence-electron chi connectivity index (χ3n) is 3.67. The van der Waals surface area contributed by atoms with Crippen LogP contribution in [0, 0.1) is 5.92 Å². The Morgan fingerprint density at radius 1 is 1.27 bits per heavy atom. The maximum atomic E-state index is 12.4. The number of amides is 2. The molecule has 5 nitrogen and oxygen atoms in total. The van der Waals surface area contributed by atoms with Crippen molar-refractivity contribution in [2.75, 3.05) is 6.61 Å². The predicted molar refractivity (Wildman–Crippen MR) is 84.0 cm³/mol. The van der Waals surface area contributed by atoms with Gasteiger partial charge in [0.05, 0.1) is 12.6 Å². The molecule has 0 aromatic heterocycles. The van der Waals surface area contributed by atoms with Gasteiger partial charge in [-0.2, -0.15) is 0 Å². The Hall–Kier alpha value is -2.30. The molecule has 2 rings (SSSR count). The summed E-state index contributed by atoms with van der Waals surface area (Å²) in [6.07, 6.45) is 2.94. The first-order chi connectivity index (χ1) is 10.6. The first kappa shape index (κ1) is 16.1. The molecule has 5 heteroatoms. The SMILES string of the molecule is C=C1NC(=O)N[C@H](c2ccccc2)[C@H]1C(=O)OCCCCC. The zero-order valence-corrected chi connectivity index (χ0v) is 12.8. The minimum atomic E-state index is -0.623. The van der Waals surface area contributed by atoms with Crippen LogP contribution < -0.4 is 10.6 Å². The van der Waals surface area contributed by atoms with Gasteiger partial charge >= 0.3 is 12.0 Å². The average molecular weight is 302 g/mol. The first-order valence-electron chi connectivity index (χ1n) is 7.61. The molecule has 0 bridgehead atoms. The molecule has 0 radical (unpaired) electrons. The molecular formula is C17H22N2O3. The lowest BCUT2D eigenvalue weighted by atomic mass is 9.89. The number of rotatable bonds is 6. The number of nitrogens with one attached hydrogen (secondary N) is 2. The van der Waals surface area contributed by atoms with E-state index in [9.17, 15) is 9.59 Å². The van der Waals surface area contributed by atoms with Crippen LogP contribution in [0.2, 0.25) is 0 Å². The Balaban J connectivity index is 2.12. The van der Waals surface area contributed by atoms with E-state index < -0.39 is 12.0 Å². The van der Waals surface area contributed by atoms with Gasteiger partial charge in [0, 0.05) is 5.70 Å². The lowest BCUT2D eigenvalue weighted by molar-refractivity contribution is -0.148. The molecule has 118 valence electrons. The molecule has 2 N–H and O–H groups in total. The predicted octanol–water partition coefficient (Wildman–Crippen LogP) is 2.90. The molecule has 1 heterocycles. The first-order valence-corrected chi connectivity index (χ1v) is 7.61. The van der Waals surface area contributed by atoms with Crippen LogP contribution in [0.4, 0.5) is 4.79 Å². The average Bonchev–Trinajstić information content (AvgIpc) is 2.51. The monoisotopic (exact) mass is 302 g/mol. The van der Waals surface area contributed by atoms with E-state index in [1.54, 1.807) is 0 Å². The van der Waals surface area contributed by atoms with Crippen LogP contribution in [-0.2, 0) is 9.53 Å². The van der Waals surface area contributed by atoms with Crippen LogP contribution >= 0.6 is 0 Å². The number of ether oxygens (including phenoxy) is 1. The van der Waals surface area contributed by atoms with Gasteiger partial charge in [0.2, 0.25) is 0 Å². The maximum absolute atomic E-state index is 12.4. The minimum absolute atomic E-state index is 0.353. The molecule has 0 aliphatic carbocycles. The summed E-state index contributed by atoms with van der Waals surface area (Å²) in [7, 11) is 0. The molecule has 2 atom stereocenters. The number of urea groups is 1. The Morgan fingerprint density at radius 3 is 2.68 bits per heavy atom. The van der Waals surface area contributed by atoms with Gasteiger partial charge in [-0.1, -0.05) is 56.7 Å². The molecule has 1 saturated heterocycles. The number of benzene rings is 1. The summed E-state index contributed by atoms with van der Waals surface area (Å²) in [6.45, 7) is 6.30. The zero-order valence-electron chi connectivity index (χ0n) is 12.8. The van der Waals surface area contributed by atoms with Gasteiger partial charge in [-0.25, -0.2) is 4.79 Å². The fourth-order valence-corrected chi connectivity index (χ4v) is 2.51. The molecule has 1 aliphatic heterocycles. The summed E-state index contributed by atoms with van der Waals surface area (Å²) in [5.41, 5.74) is 1.23. The highest BCUT2D eigenvalue weighted by atomic mass is 16.5. The van der Waals surface area contributed by atoms with Crippen LogP contribution in [0.5, 0.6) is 0 Å². The van der Waals surface area contributed by atoms with Gasteiger partial charge in [0.15, 0.2) is 0 Å². The molecule has 22 heavy (non-hydrogen) atoms. The summed E-state index contributed by atoms with van der Waals surface area (Å²) in [5, 5.41) is 5.35. The number of carbonyl (C=O) groups excluding carboxylic acids is 2. The molecule has 0 saturated carbocycles. The number of esters is 1. The molecule has 0 unspecified atom stereocenters. The number of carbonyl (C=O) groups is 2. The highest BCUT2D eigenvalue weighted by Crippen LogP contribution is 2.30. The molecule has 2 amide bonds. The Kier molecular flexibility index (Phi) is 5.58. The molecular weight excluding hydrogens is 280 g/mol. The zero-order chi connectivity index (χ0) is 15.9. The summed E-state index contributed by atoms with van der Waals surface area (Å²) in [5.74, 6) is -0.982. The number of hydrogen-bond acceptors (Lipinski definition) is 3. The lowest BCUT2D eigenvalue weighted by Crippen LogP contribution is -2.51. The van der Waals surface area contributed by atoms with E-state index in [1.807, 2.05) is 30.3 Å². The van der Waals surface area contributed by atoms with Crippen molar-refractivity contribution in [2.24, 2.45) is 5.92 Å². The van der Waals surface area contributed by atoms with E-state index in [2.05, 4.69) is 24.1 Å². The standard InChI is InChI=1S/C17H22N2O3/c1-3-4-8-11-22-16(20)14-12(2)18-17(21)19-15(14)13-9-6-5-7-10-13/h5-7,9-10,14-15H,2-4,8,11H2,1H3,(H2,18,19,21)/t14-,15+/m0/s1.